The van der Waals surface area contributed by atoms with Crippen molar-refractivity contribution in [2.24, 2.45) is 11.7 Å². The minimum absolute atomic E-state index is 0.0219. The summed E-state index contributed by atoms with van der Waals surface area (Å²) in [6.45, 7) is 2.45. The molecule has 3 rings (SSSR count). The molecule has 3 heterocycles. The summed E-state index contributed by atoms with van der Waals surface area (Å²) in [4.78, 5) is 4.24. The van der Waals surface area contributed by atoms with Crippen LogP contribution in [0.3, 0.4) is 0 Å². The van der Waals surface area contributed by atoms with Gasteiger partial charge in [0.1, 0.15) is 0 Å². The van der Waals surface area contributed by atoms with Gasteiger partial charge in [-0.05, 0) is 28.8 Å². The molecule has 96 valence electrons. The number of nitrogens with two attached hydrogens (primary N) is 1. The third kappa shape index (κ3) is 2.34. The largest absolute Gasteiger partial charge is 0.381 e. The first-order valence-electron chi connectivity index (χ1n) is 6.19. The second-order valence-corrected chi connectivity index (χ2v) is 5.51. The van der Waals surface area contributed by atoms with Crippen molar-refractivity contribution >= 4 is 11.3 Å². The van der Waals surface area contributed by atoms with Gasteiger partial charge in [-0.2, -0.15) is 11.3 Å². The number of thiophene rings is 1. The third-order valence-electron chi connectivity index (χ3n) is 3.49. The molecule has 5 heteroatoms. The van der Waals surface area contributed by atoms with Gasteiger partial charge in [0.25, 0.3) is 0 Å². The molecule has 0 radical (unpaired) electrons. The van der Waals surface area contributed by atoms with Gasteiger partial charge in [-0.3, -0.25) is 0 Å². The van der Waals surface area contributed by atoms with Gasteiger partial charge in [0.15, 0.2) is 0 Å². The van der Waals surface area contributed by atoms with E-state index in [0.717, 1.165) is 31.9 Å². The van der Waals surface area contributed by atoms with Crippen molar-refractivity contribution in [3.05, 3.63) is 40.6 Å². The summed E-state index contributed by atoms with van der Waals surface area (Å²) in [5.74, 6) is 0.419. The van der Waals surface area contributed by atoms with Gasteiger partial charge in [0.2, 0.25) is 0 Å². The van der Waals surface area contributed by atoms with E-state index in [1.165, 1.54) is 5.56 Å². The smallest absolute Gasteiger partial charge is 0.0951 e. The van der Waals surface area contributed by atoms with Crippen molar-refractivity contribution in [1.29, 1.82) is 0 Å². The lowest BCUT2D eigenvalue weighted by Crippen LogP contribution is -2.24. The van der Waals surface area contributed by atoms with Crippen molar-refractivity contribution in [2.45, 2.75) is 19.0 Å². The topological polar surface area (TPSA) is 53.1 Å². The molecule has 0 aromatic carbocycles. The van der Waals surface area contributed by atoms with E-state index in [9.17, 15) is 0 Å². The van der Waals surface area contributed by atoms with E-state index in [2.05, 4.69) is 26.4 Å². The first kappa shape index (κ1) is 11.9. The molecule has 0 bridgehead atoms. The molecular formula is C13H17N3OS. The van der Waals surface area contributed by atoms with Gasteiger partial charge >= 0.3 is 0 Å². The molecule has 0 saturated carbocycles. The van der Waals surface area contributed by atoms with E-state index in [1.54, 1.807) is 11.3 Å². The third-order valence-corrected chi connectivity index (χ3v) is 4.22. The number of rotatable bonds is 4. The van der Waals surface area contributed by atoms with Gasteiger partial charge in [0, 0.05) is 25.3 Å². The maximum absolute atomic E-state index is 6.34. The summed E-state index contributed by atoms with van der Waals surface area (Å²) in [6.07, 6.45) is 4.79. The van der Waals surface area contributed by atoms with Crippen molar-refractivity contribution in [3.8, 4) is 0 Å². The number of nitrogens with zero attached hydrogens (tertiary/aromatic N) is 2. The number of aromatic nitrogens is 2. The van der Waals surface area contributed by atoms with Crippen molar-refractivity contribution in [2.75, 3.05) is 13.2 Å². The average Bonchev–Trinajstić information content (AvgIpc) is 3.12. The minimum atomic E-state index is 0.0219. The average molecular weight is 263 g/mol. The van der Waals surface area contributed by atoms with Crippen LogP contribution in [0.1, 0.15) is 23.7 Å². The van der Waals surface area contributed by atoms with Gasteiger partial charge in [-0.1, -0.05) is 0 Å². The summed E-state index contributed by atoms with van der Waals surface area (Å²) in [5.41, 5.74) is 8.74. The molecule has 2 atom stereocenters. The van der Waals surface area contributed by atoms with Crippen LogP contribution in [0.15, 0.2) is 29.4 Å². The highest BCUT2D eigenvalue weighted by atomic mass is 32.1. The Morgan fingerprint density at radius 1 is 1.61 bits per heavy atom. The van der Waals surface area contributed by atoms with E-state index in [-0.39, 0.29) is 6.04 Å². The van der Waals surface area contributed by atoms with E-state index in [4.69, 9.17) is 10.5 Å². The molecule has 2 N–H and O–H groups in total. The molecule has 0 amide bonds. The van der Waals surface area contributed by atoms with Gasteiger partial charge < -0.3 is 15.0 Å². The predicted octanol–water partition coefficient (Wildman–Crippen LogP) is 2.03. The fraction of sp³-hybridized carbons (Fsp3) is 0.462. The van der Waals surface area contributed by atoms with Crippen LogP contribution < -0.4 is 5.73 Å². The fourth-order valence-electron chi connectivity index (χ4n) is 2.40. The summed E-state index contributed by atoms with van der Waals surface area (Å²) in [5, 5.41) is 4.25. The Morgan fingerprint density at radius 3 is 3.28 bits per heavy atom. The second-order valence-electron chi connectivity index (χ2n) is 4.73. The van der Waals surface area contributed by atoms with Crippen LogP contribution in [0.2, 0.25) is 0 Å². The Hall–Kier alpha value is -1.17. The van der Waals surface area contributed by atoms with Crippen LogP contribution in [0, 0.1) is 5.92 Å². The molecule has 18 heavy (non-hydrogen) atoms. The normalized spacial score (nSPS) is 21.3. The van der Waals surface area contributed by atoms with Gasteiger partial charge in [-0.15, -0.1) is 0 Å². The molecule has 1 aliphatic heterocycles. The van der Waals surface area contributed by atoms with E-state index < -0.39 is 0 Å². The van der Waals surface area contributed by atoms with E-state index >= 15 is 0 Å². The quantitative estimate of drug-likeness (QED) is 0.918. The van der Waals surface area contributed by atoms with Crippen molar-refractivity contribution in [3.63, 3.8) is 0 Å². The van der Waals surface area contributed by atoms with E-state index in [0.29, 0.717) is 5.92 Å². The Balaban J connectivity index is 1.78. The molecule has 2 aromatic heterocycles. The molecule has 0 aliphatic carbocycles. The minimum Gasteiger partial charge on any atom is -0.381 e. The molecule has 1 aliphatic rings. The molecule has 1 fully saturated rings. The SMILES string of the molecule is NC(c1cncn1Cc1ccsc1)C1CCOC1. The lowest BCUT2D eigenvalue weighted by atomic mass is 9.97. The zero-order valence-electron chi connectivity index (χ0n) is 10.2. The highest BCUT2D eigenvalue weighted by molar-refractivity contribution is 7.07. The predicted molar refractivity (Wildman–Crippen MR) is 71.5 cm³/mol. The van der Waals surface area contributed by atoms with Crippen LogP contribution in [0.4, 0.5) is 0 Å². The van der Waals surface area contributed by atoms with Crippen LogP contribution in [0.25, 0.3) is 0 Å². The lowest BCUT2D eigenvalue weighted by molar-refractivity contribution is 0.180. The Kier molecular flexibility index (Phi) is 3.45. The Labute approximate surface area is 110 Å². The number of hydrogen-bond donors (Lipinski definition) is 1. The number of ether oxygens (including phenoxy) is 1. The maximum Gasteiger partial charge on any atom is 0.0951 e. The summed E-state index contributed by atoms with van der Waals surface area (Å²) in [6, 6.07) is 2.16. The molecule has 2 aromatic rings. The molecule has 2 unspecified atom stereocenters. The monoisotopic (exact) mass is 263 g/mol. The van der Waals surface area contributed by atoms with Crippen molar-refractivity contribution in [1.82, 2.24) is 9.55 Å². The van der Waals surface area contributed by atoms with Gasteiger partial charge in [0.05, 0.1) is 24.7 Å². The first-order chi connectivity index (χ1) is 8.84. The summed E-state index contributed by atoms with van der Waals surface area (Å²) < 4.78 is 7.56. The van der Waals surface area contributed by atoms with Crippen LogP contribution >= 0.6 is 11.3 Å². The fourth-order valence-corrected chi connectivity index (χ4v) is 3.06. The van der Waals surface area contributed by atoms with E-state index in [1.807, 2.05) is 12.5 Å². The van der Waals surface area contributed by atoms with Gasteiger partial charge in [-0.25, -0.2) is 4.98 Å². The maximum atomic E-state index is 6.34. The standard InChI is InChI=1S/C13H17N3OS/c14-13(11-1-3-17-7-11)12-5-15-9-16(12)6-10-2-4-18-8-10/h2,4-5,8-9,11,13H,1,3,6-7,14H2. The molecule has 1 saturated heterocycles. The highest BCUT2D eigenvalue weighted by Crippen LogP contribution is 2.26. The Bertz CT molecular complexity index is 488. The highest BCUT2D eigenvalue weighted by Gasteiger charge is 2.26. The zero-order valence-corrected chi connectivity index (χ0v) is 11.0. The molecular weight excluding hydrogens is 246 g/mol. The zero-order chi connectivity index (χ0) is 12.4. The second kappa shape index (κ2) is 5.22. The van der Waals surface area contributed by atoms with Crippen LogP contribution in [-0.4, -0.2) is 22.8 Å². The molecule has 4 nitrogen and oxygen atoms in total. The first-order valence-corrected chi connectivity index (χ1v) is 7.13. The van der Waals surface area contributed by atoms with Crippen molar-refractivity contribution < 1.29 is 4.74 Å². The lowest BCUT2D eigenvalue weighted by Gasteiger charge is -2.19. The van der Waals surface area contributed by atoms with Crippen LogP contribution in [0.5, 0.6) is 0 Å². The number of hydrogen-bond acceptors (Lipinski definition) is 4. The summed E-state index contributed by atoms with van der Waals surface area (Å²) in [7, 11) is 0. The molecule has 0 spiro atoms. The number of imidazole rings is 1. The Morgan fingerprint density at radius 2 is 2.56 bits per heavy atom. The van der Waals surface area contributed by atoms with Crippen LogP contribution in [-0.2, 0) is 11.3 Å². The summed E-state index contributed by atoms with van der Waals surface area (Å²) >= 11 is 1.72.